The standard InChI is InChI=1S/C9H20N2/c1-9(7-10)8-11-5-3-2-4-6-11/h9H,2-8,10H2,1H3/t9-/m1/s1. The number of nitrogens with zero attached hydrogens (tertiary/aromatic N) is 1. The molecule has 1 heterocycles. The second-order valence-electron chi connectivity index (χ2n) is 3.70. The second-order valence-corrected chi connectivity index (χ2v) is 3.70. The molecular formula is C9H20N2. The highest BCUT2D eigenvalue weighted by molar-refractivity contribution is 4.67. The lowest BCUT2D eigenvalue weighted by atomic mass is 10.1. The summed E-state index contributed by atoms with van der Waals surface area (Å²) < 4.78 is 0. The van der Waals surface area contributed by atoms with Crippen molar-refractivity contribution in [3.63, 3.8) is 0 Å². The van der Waals surface area contributed by atoms with Crippen LogP contribution in [0, 0.1) is 5.92 Å². The fourth-order valence-corrected chi connectivity index (χ4v) is 1.66. The Morgan fingerprint density at radius 2 is 1.91 bits per heavy atom. The van der Waals surface area contributed by atoms with Gasteiger partial charge in [0.1, 0.15) is 0 Å². The van der Waals surface area contributed by atoms with Crippen molar-refractivity contribution >= 4 is 0 Å². The minimum Gasteiger partial charge on any atom is -0.330 e. The van der Waals surface area contributed by atoms with Gasteiger partial charge in [0.25, 0.3) is 0 Å². The quantitative estimate of drug-likeness (QED) is 0.662. The first-order valence-electron chi connectivity index (χ1n) is 4.75. The molecule has 2 heteroatoms. The van der Waals surface area contributed by atoms with E-state index in [-0.39, 0.29) is 0 Å². The van der Waals surface area contributed by atoms with Gasteiger partial charge in [0.2, 0.25) is 0 Å². The minimum atomic E-state index is 0.674. The summed E-state index contributed by atoms with van der Waals surface area (Å²) in [6, 6.07) is 0. The molecule has 2 N–H and O–H groups in total. The van der Waals surface area contributed by atoms with Gasteiger partial charge in [-0.15, -0.1) is 0 Å². The lowest BCUT2D eigenvalue weighted by molar-refractivity contribution is 0.203. The Balaban J connectivity index is 2.13. The molecule has 0 aromatic rings. The van der Waals surface area contributed by atoms with Gasteiger partial charge in [-0.1, -0.05) is 13.3 Å². The van der Waals surface area contributed by atoms with E-state index in [0.29, 0.717) is 5.92 Å². The fraction of sp³-hybridized carbons (Fsp3) is 1.00. The second kappa shape index (κ2) is 4.73. The van der Waals surface area contributed by atoms with Crippen molar-refractivity contribution in [2.45, 2.75) is 26.2 Å². The van der Waals surface area contributed by atoms with E-state index >= 15 is 0 Å². The summed E-state index contributed by atoms with van der Waals surface area (Å²) in [6.45, 7) is 6.86. The third-order valence-electron chi connectivity index (χ3n) is 2.42. The van der Waals surface area contributed by atoms with Crippen molar-refractivity contribution in [3.8, 4) is 0 Å². The van der Waals surface area contributed by atoms with Crippen LogP contribution in [0.2, 0.25) is 0 Å². The number of piperidine rings is 1. The monoisotopic (exact) mass is 156 g/mol. The molecule has 0 spiro atoms. The summed E-state index contributed by atoms with van der Waals surface area (Å²) in [5.41, 5.74) is 5.56. The average Bonchev–Trinajstić information content (AvgIpc) is 2.06. The van der Waals surface area contributed by atoms with Gasteiger partial charge < -0.3 is 10.6 Å². The molecular weight excluding hydrogens is 136 g/mol. The van der Waals surface area contributed by atoms with E-state index < -0.39 is 0 Å². The van der Waals surface area contributed by atoms with Crippen molar-refractivity contribution in [2.24, 2.45) is 11.7 Å². The Morgan fingerprint density at radius 1 is 1.27 bits per heavy atom. The van der Waals surface area contributed by atoms with Crippen LogP contribution in [-0.4, -0.2) is 31.1 Å². The van der Waals surface area contributed by atoms with Gasteiger partial charge >= 0.3 is 0 Å². The van der Waals surface area contributed by atoms with E-state index in [2.05, 4.69) is 11.8 Å². The zero-order valence-corrected chi connectivity index (χ0v) is 7.55. The third-order valence-corrected chi connectivity index (χ3v) is 2.42. The van der Waals surface area contributed by atoms with E-state index in [1.165, 1.54) is 38.9 Å². The Kier molecular flexibility index (Phi) is 3.87. The van der Waals surface area contributed by atoms with Gasteiger partial charge in [0, 0.05) is 6.54 Å². The first kappa shape index (κ1) is 9.01. The van der Waals surface area contributed by atoms with Gasteiger partial charge in [0.15, 0.2) is 0 Å². The number of hydrogen-bond acceptors (Lipinski definition) is 2. The molecule has 0 bridgehead atoms. The van der Waals surface area contributed by atoms with Crippen LogP contribution in [0.15, 0.2) is 0 Å². The van der Waals surface area contributed by atoms with Crippen molar-refractivity contribution in [1.29, 1.82) is 0 Å². The predicted octanol–water partition coefficient (Wildman–Crippen LogP) is 1.07. The predicted molar refractivity (Wildman–Crippen MR) is 48.5 cm³/mol. The van der Waals surface area contributed by atoms with Crippen molar-refractivity contribution in [2.75, 3.05) is 26.2 Å². The lowest BCUT2D eigenvalue weighted by Crippen LogP contribution is -2.35. The van der Waals surface area contributed by atoms with E-state index in [1.54, 1.807) is 0 Å². The maximum absolute atomic E-state index is 5.56. The Morgan fingerprint density at radius 3 is 2.45 bits per heavy atom. The molecule has 0 amide bonds. The highest BCUT2D eigenvalue weighted by atomic mass is 15.1. The van der Waals surface area contributed by atoms with E-state index in [4.69, 9.17) is 5.73 Å². The van der Waals surface area contributed by atoms with E-state index in [9.17, 15) is 0 Å². The number of hydrogen-bond donors (Lipinski definition) is 1. The molecule has 0 unspecified atom stereocenters. The Labute approximate surface area is 69.8 Å². The van der Waals surface area contributed by atoms with Crippen molar-refractivity contribution < 1.29 is 0 Å². The molecule has 66 valence electrons. The van der Waals surface area contributed by atoms with Crippen LogP contribution < -0.4 is 5.73 Å². The maximum atomic E-state index is 5.56. The summed E-state index contributed by atoms with van der Waals surface area (Å²) in [5.74, 6) is 0.674. The summed E-state index contributed by atoms with van der Waals surface area (Å²) in [5, 5.41) is 0. The molecule has 11 heavy (non-hydrogen) atoms. The average molecular weight is 156 g/mol. The van der Waals surface area contributed by atoms with Crippen LogP contribution in [0.1, 0.15) is 26.2 Å². The van der Waals surface area contributed by atoms with Gasteiger partial charge in [0.05, 0.1) is 0 Å². The molecule has 0 aromatic heterocycles. The summed E-state index contributed by atoms with van der Waals surface area (Å²) in [4.78, 5) is 2.54. The maximum Gasteiger partial charge on any atom is 0.00191 e. The van der Waals surface area contributed by atoms with Crippen LogP contribution in [0.5, 0.6) is 0 Å². The van der Waals surface area contributed by atoms with Gasteiger partial charge in [-0.05, 0) is 38.4 Å². The molecule has 1 aliphatic rings. The minimum absolute atomic E-state index is 0.674. The van der Waals surface area contributed by atoms with Crippen LogP contribution in [0.25, 0.3) is 0 Å². The Bertz CT molecular complexity index is 97.7. The zero-order valence-electron chi connectivity index (χ0n) is 7.55. The van der Waals surface area contributed by atoms with E-state index in [0.717, 1.165) is 6.54 Å². The zero-order chi connectivity index (χ0) is 8.10. The van der Waals surface area contributed by atoms with Gasteiger partial charge in [-0.25, -0.2) is 0 Å². The molecule has 1 atom stereocenters. The topological polar surface area (TPSA) is 29.3 Å². The third kappa shape index (κ3) is 3.21. The smallest absolute Gasteiger partial charge is 0.00191 e. The molecule has 0 aromatic carbocycles. The van der Waals surface area contributed by atoms with Crippen molar-refractivity contribution in [3.05, 3.63) is 0 Å². The summed E-state index contributed by atoms with van der Waals surface area (Å²) >= 11 is 0. The highest BCUT2D eigenvalue weighted by Crippen LogP contribution is 2.09. The molecule has 1 aliphatic heterocycles. The first-order chi connectivity index (χ1) is 5.33. The molecule has 2 nitrogen and oxygen atoms in total. The van der Waals surface area contributed by atoms with Crippen LogP contribution in [0.3, 0.4) is 0 Å². The molecule has 0 saturated carbocycles. The van der Waals surface area contributed by atoms with Crippen LogP contribution >= 0.6 is 0 Å². The molecule has 0 radical (unpaired) electrons. The molecule has 0 aliphatic carbocycles. The molecule has 1 fully saturated rings. The number of rotatable bonds is 3. The first-order valence-corrected chi connectivity index (χ1v) is 4.75. The highest BCUT2D eigenvalue weighted by Gasteiger charge is 2.11. The lowest BCUT2D eigenvalue weighted by Gasteiger charge is -2.28. The molecule has 1 rings (SSSR count). The Hall–Kier alpha value is -0.0800. The van der Waals surface area contributed by atoms with Gasteiger partial charge in [-0.3, -0.25) is 0 Å². The fourth-order valence-electron chi connectivity index (χ4n) is 1.66. The number of likely N-dealkylation sites (tertiary alicyclic amines) is 1. The summed E-state index contributed by atoms with van der Waals surface area (Å²) in [6.07, 6.45) is 4.20. The van der Waals surface area contributed by atoms with E-state index in [1.807, 2.05) is 0 Å². The van der Waals surface area contributed by atoms with Gasteiger partial charge in [-0.2, -0.15) is 0 Å². The molecule has 1 saturated heterocycles. The normalized spacial score (nSPS) is 23.5. The largest absolute Gasteiger partial charge is 0.330 e. The summed E-state index contributed by atoms with van der Waals surface area (Å²) in [7, 11) is 0. The van der Waals surface area contributed by atoms with Crippen molar-refractivity contribution in [1.82, 2.24) is 4.90 Å². The number of nitrogens with two attached hydrogens (primary N) is 1. The van der Waals surface area contributed by atoms with Crippen LogP contribution in [-0.2, 0) is 0 Å². The van der Waals surface area contributed by atoms with Crippen LogP contribution in [0.4, 0.5) is 0 Å². The SMILES string of the molecule is C[C@H](CN)CN1CCCCC1.